The zero-order valence-electron chi connectivity index (χ0n) is 40.2. The Morgan fingerprint density at radius 3 is 1.28 bits per heavy atom. The van der Waals surface area contributed by atoms with E-state index >= 15 is 0 Å². The third-order valence-corrected chi connectivity index (χ3v) is 15.6. The molecule has 0 saturated carbocycles. The van der Waals surface area contributed by atoms with E-state index in [0.717, 1.165) is 77.6 Å². The summed E-state index contributed by atoms with van der Waals surface area (Å²) >= 11 is 0. The lowest BCUT2D eigenvalue weighted by molar-refractivity contribution is 0.669. The zero-order chi connectivity index (χ0) is 49.2. The Labute approximate surface area is 431 Å². The average molecular weight is 957 g/mol. The molecule has 0 radical (unpaired) electrons. The molecule has 7 heteroatoms. The maximum atomic E-state index is 7.41. The number of furan rings is 1. The molecule has 0 saturated heterocycles. The number of benzene rings is 10. The topological polar surface area (TPSA) is 90.5 Å². The van der Waals surface area contributed by atoms with Crippen LogP contribution >= 0.6 is 0 Å². The van der Waals surface area contributed by atoms with E-state index in [2.05, 4.69) is 158 Å². The van der Waals surface area contributed by atoms with E-state index in [1.54, 1.807) is 0 Å². The Hall–Kier alpha value is -9.98. The monoisotopic (exact) mass is 956 g/mol. The molecule has 0 aliphatic heterocycles. The summed E-state index contributed by atoms with van der Waals surface area (Å²) in [6.07, 6.45) is 0.702. The first kappa shape index (κ1) is 41.6. The predicted molar refractivity (Wildman–Crippen MR) is 298 cm³/mol. The molecular formula is C68H40N6O. The van der Waals surface area contributed by atoms with Crippen LogP contribution in [0.1, 0.15) is 33.4 Å². The molecule has 7 nitrogen and oxygen atoms in total. The maximum absolute atomic E-state index is 7.41. The molecule has 0 amide bonds. The molecule has 3 heterocycles. The minimum absolute atomic E-state index is 0.566. The Morgan fingerprint density at radius 2 is 0.733 bits per heavy atom. The van der Waals surface area contributed by atoms with E-state index in [1.807, 2.05) is 72.8 Å². The second-order valence-corrected chi connectivity index (χ2v) is 19.6. The smallest absolute Gasteiger partial charge is 0.164 e. The van der Waals surface area contributed by atoms with Crippen molar-refractivity contribution in [2.24, 2.45) is 0 Å². The highest BCUT2D eigenvalue weighted by atomic mass is 16.3. The highest BCUT2D eigenvalue weighted by Gasteiger charge is 2.55. The van der Waals surface area contributed by atoms with E-state index in [0.29, 0.717) is 41.4 Å². The van der Waals surface area contributed by atoms with Crippen LogP contribution in [0.15, 0.2) is 235 Å². The molecule has 3 aliphatic carbocycles. The molecular weight excluding hydrogens is 917 g/mol. The number of para-hydroxylation sites is 1. The highest BCUT2D eigenvalue weighted by Crippen LogP contribution is 2.68. The van der Waals surface area contributed by atoms with Crippen LogP contribution < -0.4 is 0 Å². The van der Waals surface area contributed by atoms with Gasteiger partial charge < -0.3 is 4.42 Å². The third kappa shape index (κ3) is 6.03. The molecule has 13 aromatic rings. The molecule has 75 heavy (non-hydrogen) atoms. The van der Waals surface area contributed by atoms with Gasteiger partial charge in [0.2, 0.25) is 0 Å². The number of fused-ring (bicyclic) bond motifs is 18. The summed E-state index contributed by atoms with van der Waals surface area (Å²) in [7, 11) is 0. The van der Waals surface area contributed by atoms with Gasteiger partial charge in [0.25, 0.3) is 0 Å². The second kappa shape index (κ2) is 16.0. The van der Waals surface area contributed by atoms with Gasteiger partial charge in [0, 0.05) is 49.7 Å². The summed E-state index contributed by atoms with van der Waals surface area (Å²) in [5, 5.41) is 1.95. The molecule has 0 atom stereocenters. The van der Waals surface area contributed by atoms with E-state index in [1.165, 1.54) is 44.5 Å². The molecule has 0 bridgehead atoms. The normalized spacial score (nSPS) is 13.1. The molecule has 348 valence electrons. The van der Waals surface area contributed by atoms with Crippen LogP contribution in [0.5, 0.6) is 0 Å². The molecule has 10 aromatic carbocycles. The molecule has 3 aromatic heterocycles. The van der Waals surface area contributed by atoms with Crippen molar-refractivity contribution in [3.63, 3.8) is 0 Å². The quantitative estimate of drug-likeness (QED) is 0.164. The van der Waals surface area contributed by atoms with Gasteiger partial charge in [-0.05, 0) is 85.8 Å². The summed E-state index contributed by atoms with van der Waals surface area (Å²) in [6, 6.07) is 80.9. The van der Waals surface area contributed by atoms with Crippen LogP contribution in [-0.2, 0) is 11.8 Å². The molecule has 3 aliphatic rings. The van der Waals surface area contributed by atoms with Crippen LogP contribution in [-0.4, -0.2) is 29.9 Å². The van der Waals surface area contributed by atoms with Crippen LogP contribution in [0.25, 0.3) is 124 Å². The minimum atomic E-state index is -0.837. The third-order valence-electron chi connectivity index (χ3n) is 15.6. The first-order chi connectivity index (χ1) is 37.2. The summed E-state index contributed by atoms with van der Waals surface area (Å²) in [4.78, 5) is 32.1. The zero-order valence-corrected chi connectivity index (χ0v) is 40.2. The lowest BCUT2D eigenvalue weighted by atomic mass is 9.69. The van der Waals surface area contributed by atoms with Crippen molar-refractivity contribution >= 4 is 21.9 Å². The van der Waals surface area contributed by atoms with Gasteiger partial charge in [-0.3, -0.25) is 0 Å². The summed E-state index contributed by atoms with van der Waals surface area (Å²) in [6.45, 7) is 0. The van der Waals surface area contributed by atoms with Gasteiger partial charge in [0.1, 0.15) is 11.2 Å². The number of hydrogen-bond acceptors (Lipinski definition) is 7. The SMILES string of the molecule is c1ccc(-c2nc(-c3ccccc3)nc(-c3cc4c(c5c3Cc3ccccc3-5)-c3c(cc(-c5nc(-c6ccccc6)nc(-c6ccccc6)n5)c5c3oc3ccccc35)C43c4ccccc4-c4ccccc43)n2)cc1. The van der Waals surface area contributed by atoms with E-state index in [4.69, 9.17) is 34.3 Å². The molecule has 1 spiro atoms. The van der Waals surface area contributed by atoms with Crippen molar-refractivity contribution in [3.05, 3.63) is 264 Å². The van der Waals surface area contributed by atoms with Gasteiger partial charge in [-0.1, -0.05) is 212 Å². The molecule has 0 unspecified atom stereocenters. The largest absolute Gasteiger partial charge is 0.455 e. The standard InChI is InChI=1S/C68H40N6O/c1-5-21-40(22-6-1)62-69-63(41-23-7-2-8-24-41)72-66(71-62)50-38-54-59(57-45-30-14-13-29-44(45)37-49(50)57)60-55(68(54)52-34-18-15-31-46(52)47-32-16-19-35-53(47)68)39-51(58-48-33-17-20-36-56(48)75-61(58)60)67-73-64(42-25-9-3-10-26-42)70-65(74-67)43-27-11-4-12-28-43/h1-36,38-39H,37H2. The van der Waals surface area contributed by atoms with Crippen LogP contribution in [0, 0.1) is 0 Å². The minimum Gasteiger partial charge on any atom is -0.455 e. The van der Waals surface area contributed by atoms with Crippen LogP contribution in [0.2, 0.25) is 0 Å². The van der Waals surface area contributed by atoms with Crippen molar-refractivity contribution in [2.75, 3.05) is 0 Å². The fourth-order valence-corrected chi connectivity index (χ4v) is 12.5. The Kier molecular flexibility index (Phi) is 8.88. The lowest BCUT2D eigenvalue weighted by Crippen LogP contribution is -2.26. The first-order valence-corrected chi connectivity index (χ1v) is 25.4. The van der Waals surface area contributed by atoms with Gasteiger partial charge in [-0.25, -0.2) is 29.9 Å². The fraction of sp³-hybridized carbons (Fsp3) is 0.0294. The molecule has 0 N–H and O–H groups in total. The van der Waals surface area contributed by atoms with Crippen molar-refractivity contribution < 1.29 is 4.42 Å². The van der Waals surface area contributed by atoms with Crippen molar-refractivity contribution in [1.29, 1.82) is 0 Å². The maximum Gasteiger partial charge on any atom is 0.164 e. The Balaban J connectivity index is 1.08. The number of aromatic nitrogens is 6. The lowest BCUT2D eigenvalue weighted by Gasteiger charge is -2.31. The van der Waals surface area contributed by atoms with Gasteiger partial charge in [-0.2, -0.15) is 0 Å². The molecule has 0 fully saturated rings. The van der Waals surface area contributed by atoms with Crippen LogP contribution in [0.3, 0.4) is 0 Å². The van der Waals surface area contributed by atoms with E-state index in [-0.39, 0.29) is 0 Å². The van der Waals surface area contributed by atoms with Crippen molar-refractivity contribution in [3.8, 4) is 102 Å². The predicted octanol–water partition coefficient (Wildman–Crippen LogP) is 15.9. The fourth-order valence-electron chi connectivity index (χ4n) is 12.5. The van der Waals surface area contributed by atoms with Gasteiger partial charge in [0.05, 0.1) is 5.41 Å². The van der Waals surface area contributed by atoms with E-state index < -0.39 is 5.41 Å². The second-order valence-electron chi connectivity index (χ2n) is 19.6. The number of rotatable bonds is 6. The average Bonchev–Trinajstić information content (AvgIpc) is 4.35. The summed E-state index contributed by atoms with van der Waals surface area (Å²) < 4.78 is 7.41. The Bertz CT molecular complexity index is 4330. The van der Waals surface area contributed by atoms with Gasteiger partial charge in [0.15, 0.2) is 34.9 Å². The number of nitrogens with zero attached hydrogens (tertiary/aromatic N) is 6. The first-order valence-electron chi connectivity index (χ1n) is 25.4. The Morgan fingerprint density at radius 1 is 0.320 bits per heavy atom. The van der Waals surface area contributed by atoms with Gasteiger partial charge in [-0.15, -0.1) is 0 Å². The van der Waals surface area contributed by atoms with Crippen molar-refractivity contribution in [2.45, 2.75) is 11.8 Å². The highest BCUT2D eigenvalue weighted by molar-refractivity contribution is 6.20. The van der Waals surface area contributed by atoms with E-state index in [9.17, 15) is 0 Å². The van der Waals surface area contributed by atoms with Gasteiger partial charge >= 0.3 is 0 Å². The molecule has 16 rings (SSSR count). The van der Waals surface area contributed by atoms with Crippen LogP contribution in [0.4, 0.5) is 0 Å². The summed E-state index contributed by atoms with van der Waals surface area (Å²) in [5.74, 6) is 3.62. The summed E-state index contributed by atoms with van der Waals surface area (Å²) in [5.41, 5.74) is 20.3. The number of hydrogen-bond donors (Lipinski definition) is 0. The van der Waals surface area contributed by atoms with Crippen molar-refractivity contribution in [1.82, 2.24) is 29.9 Å².